The second-order valence-corrected chi connectivity index (χ2v) is 9.44. The van der Waals surface area contributed by atoms with Gasteiger partial charge in [-0.2, -0.15) is 0 Å². The van der Waals surface area contributed by atoms with Crippen molar-refractivity contribution in [1.29, 1.82) is 0 Å². The van der Waals surface area contributed by atoms with Crippen molar-refractivity contribution in [2.45, 2.75) is 117 Å². The zero-order valence-corrected chi connectivity index (χ0v) is 17.6. The number of carbonyl (C=O) groups is 1. The van der Waals surface area contributed by atoms with Crippen LogP contribution in [-0.2, 0) is 9.53 Å². The van der Waals surface area contributed by atoms with E-state index in [9.17, 15) is 4.79 Å². The first-order valence-electron chi connectivity index (χ1n) is 9.96. The molecule has 3 heteroatoms. The summed E-state index contributed by atoms with van der Waals surface area (Å²) in [5, 5.41) is 3.22. The number of amides is 1. The number of rotatable bonds is 8. The topological polar surface area (TPSA) is 38.3 Å². The smallest absolute Gasteiger partial charge is 0.226 e. The van der Waals surface area contributed by atoms with E-state index in [4.69, 9.17) is 4.74 Å². The van der Waals surface area contributed by atoms with E-state index in [0.717, 1.165) is 25.7 Å². The molecule has 0 aromatic heterocycles. The maximum atomic E-state index is 12.8. The molecule has 0 bridgehead atoms. The predicted molar refractivity (Wildman–Crippen MR) is 105 cm³/mol. The Kier molecular flexibility index (Phi) is 8.00. The molecule has 1 atom stereocenters. The number of hydrogen-bond donors (Lipinski definition) is 1. The Hall–Kier alpha value is -1.01. The highest BCUT2D eigenvalue weighted by Gasteiger charge is 2.38. The van der Waals surface area contributed by atoms with Gasteiger partial charge in [-0.3, -0.25) is 4.79 Å². The van der Waals surface area contributed by atoms with E-state index in [1.165, 1.54) is 19.3 Å². The van der Waals surface area contributed by atoms with Crippen LogP contribution in [-0.4, -0.2) is 23.2 Å². The molecule has 144 valence electrons. The molecule has 1 rings (SSSR count). The van der Waals surface area contributed by atoms with Crippen LogP contribution in [0.3, 0.4) is 0 Å². The van der Waals surface area contributed by atoms with Gasteiger partial charge >= 0.3 is 0 Å². The van der Waals surface area contributed by atoms with E-state index in [-0.39, 0.29) is 23.2 Å². The zero-order valence-electron chi connectivity index (χ0n) is 17.6. The van der Waals surface area contributed by atoms with E-state index in [1.807, 2.05) is 13.8 Å². The van der Waals surface area contributed by atoms with Crippen LogP contribution in [0.2, 0.25) is 0 Å². The Labute approximate surface area is 155 Å². The number of hydrogen-bond acceptors (Lipinski definition) is 2. The van der Waals surface area contributed by atoms with Gasteiger partial charge in [-0.05, 0) is 59.8 Å². The quantitative estimate of drug-likeness (QED) is 0.609. The van der Waals surface area contributed by atoms with Gasteiger partial charge in [-0.15, -0.1) is 5.92 Å². The van der Waals surface area contributed by atoms with Gasteiger partial charge in [-0.1, -0.05) is 39.5 Å². The zero-order chi connectivity index (χ0) is 19.1. The summed E-state index contributed by atoms with van der Waals surface area (Å²) in [7, 11) is 0. The number of nitrogens with one attached hydrogen (secondary N) is 1. The lowest BCUT2D eigenvalue weighted by Crippen LogP contribution is -2.50. The van der Waals surface area contributed by atoms with Gasteiger partial charge in [0.2, 0.25) is 5.91 Å². The summed E-state index contributed by atoms with van der Waals surface area (Å²) in [6, 6.07) is 0. The first kappa shape index (κ1) is 22.0. The molecular weight excluding hydrogens is 310 g/mol. The Bertz CT molecular complexity index is 494. The summed E-state index contributed by atoms with van der Waals surface area (Å²) in [5.74, 6) is 6.61. The number of carbonyl (C=O) groups excluding carboxylic acids is 1. The molecule has 25 heavy (non-hydrogen) atoms. The van der Waals surface area contributed by atoms with Gasteiger partial charge in [-0.25, -0.2) is 0 Å². The average molecular weight is 350 g/mol. The minimum Gasteiger partial charge on any atom is -0.360 e. The van der Waals surface area contributed by atoms with Crippen molar-refractivity contribution < 1.29 is 9.53 Å². The Balaban J connectivity index is 2.70. The molecule has 0 saturated carbocycles. The van der Waals surface area contributed by atoms with Crippen LogP contribution in [0.25, 0.3) is 0 Å². The monoisotopic (exact) mass is 349 g/mol. The van der Waals surface area contributed by atoms with Gasteiger partial charge in [0.25, 0.3) is 0 Å². The third-order valence-electron chi connectivity index (χ3n) is 4.80. The second-order valence-electron chi connectivity index (χ2n) is 9.44. The third-order valence-corrected chi connectivity index (χ3v) is 4.80. The van der Waals surface area contributed by atoms with Crippen molar-refractivity contribution in [3.05, 3.63) is 0 Å². The maximum absolute atomic E-state index is 12.8. The van der Waals surface area contributed by atoms with Gasteiger partial charge in [0.15, 0.2) is 0 Å². The van der Waals surface area contributed by atoms with Crippen LogP contribution >= 0.6 is 0 Å². The molecule has 1 unspecified atom stereocenters. The van der Waals surface area contributed by atoms with E-state index in [0.29, 0.717) is 6.42 Å². The van der Waals surface area contributed by atoms with Gasteiger partial charge < -0.3 is 10.1 Å². The van der Waals surface area contributed by atoms with Crippen LogP contribution in [0.4, 0.5) is 0 Å². The summed E-state index contributed by atoms with van der Waals surface area (Å²) >= 11 is 0. The Morgan fingerprint density at radius 3 is 2.44 bits per heavy atom. The van der Waals surface area contributed by atoms with Gasteiger partial charge in [0, 0.05) is 17.4 Å². The molecule has 0 radical (unpaired) electrons. The summed E-state index contributed by atoms with van der Waals surface area (Å²) in [6.07, 6.45) is 8.27. The van der Waals surface area contributed by atoms with Gasteiger partial charge in [0.1, 0.15) is 6.10 Å². The maximum Gasteiger partial charge on any atom is 0.226 e. The third kappa shape index (κ3) is 8.27. The molecule has 0 aliphatic heterocycles. The fraction of sp³-hybridized carbons (Fsp3) is 0.864. The van der Waals surface area contributed by atoms with Crippen molar-refractivity contribution >= 4 is 5.91 Å². The highest BCUT2D eigenvalue weighted by atomic mass is 16.5. The molecule has 3 nitrogen and oxygen atoms in total. The minimum absolute atomic E-state index is 0.00862. The van der Waals surface area contributed by atoms with E-state index in [1.54, 1.807) is 0 Å². The first-order chi connectivity index (χ1) is 11.5. The summed E-state index contributed by atoms with van der Waals surface area (Å²) in [6.45, 7) is 14.5. The van der Waals surface area contributed by atoms with Crippen molar-refractivity contribution in [3.8, 4) is 11.8 Å². The first-order valence-corrected chi connectivity index (χ1v) is 9.96. The second kappa shape index (κ2) is 9.08. The fourth-order valence-corrected chi connectivity index (χ4v) is 3.80. The normalized spacial score (nSPS) is 19.4. The molecule has 1 amide bonds. The summed E-state index contributed by atoms with van der Waals surface area (Å²) < 4.78 is 6.32. The van der Waals surface area contributed by atoms with Crippen molar-refractivity contribution in [2.75, 3.05) is 0 Å². The summed E-state index contributed by atoms with van der Waals surface area (Å²) in [4.78, 5) is 12.8. The Morgan fingerprint density at radius 1 is 1.12 bits per heavy atom. The number of ether oxygens (including phenoxy) is 1. The summed E-state index contributed by atoms with van der Waals surface area (Å²) in [5.41, 5.74) is -1.03. The molecule has 0 spiro atoms. The van der Waals surface area contributed by atoms with E-state index >= 15 is 0 Å². The van der Waals surface area contributed by atoms with E-state index < -0.39 is 5.41 Å². The highest BCUT2D eigenvalue weighted by Crippen LogP contribution is 2.33. The van der Waals surface area contributed by atoms with Crippen LogP contribution in [0.5, 0.6) is 0 Å². The van der Waals surface area contributed by atoms with Crippen LogP contribution < -0.4 is 5.32 Å². The van der Waals surface area contributed by atoms with Crippen molar-refractivity contribution in [1.82, 2.24) is 5.32 Å². The van der Waals surface area contributed by atoms with Gasteiger partial charge in [0.05, 0.1) is 5.60 Å². The standard InChI is InChI=1S/C22H39NO2/c1-8-16-21(4,5)23-19(24)20(2,3)17-22(6,7)25-18-14-12-10-9-11-13-15-18/h18H,8-12,14,16-17H2,1-7H3,(H,23,24). The SMILES string of the molecule is CCCC(C)(C)NC(=O)C(C)(C)CC(C)(C)OC1C#CCCCCC1. The lowest BCUT2D eigenvalue weighted by Gasteiger charge is -2.38. The average Bonchev–Trinajstić information content (AvgIpc) is 2.39. The predicted octanol–water partition coefficient (Wildman–Crippen LogP) is 5.23. The lowest BCUT2D eigenvalue weighted by atomic mass is 9.80. The molecule has 0 aromatic rings. The lowest BCUT2D eigenvalue weighted by molar-refractivity contribution is -0.137. The largest absolute Gasteiger partial charge is 0.360 e. The molecule has 1 aliphatic rings. The van der Waals surface area contributed by atoms with Crippen LogP contribution in [0.1, 0.15) is 99.8 Å². The molecule has 0 heterocycles. The highest BCUT2D eigenvalue weighted by molar-refractivity contribution is 5.82. The minimum atomic E-state index is -0.483. The molecule has 0 saturated heterocycles. The molecule has 0 aromatic carbocycles. The van der Waals surface area contributed by atoms with Crippen molar-refractivity contribution in [2.24, 2.45) is 5.41 Å². The van der Waals surface area contributed by atoms with Crippen molar-refractivity contribution in [3.63, 3.8) is 0 Å². The van der Waals surface area contributed by atoms with E-state index in [2.05, 4.69) is 51.8 Å². The molecular formula is C22H39NO2. The molecule has 1 aliphatic carbocycles. The van der Waals surface area contributed by atoms with Crippen LogP contribution in [0.15, 0.2) is 0 Å². The molecule has 0 fully saturated rings. The molecule has 1 N–H and O–H groups in total. The Morgan fingerprint density at radius 2 is 1.80 bits per heavy atom. The fourth-order valence-electron chi connectivity index (χ4n) is 3.80. The van der Waals surface area contributed by atoms with Crippen LogP contribution in [0, 0.1) is 17.3 Å².